The minimum Gasteiger partial charge on any atom is -0.481 e. The van der Waals surface area contributed by atoms with Crippen LogP contribution in [0.25, 0.3) is 0 Å². The Morgan fingerprint density at radius 1 is 0.892 bits per heavy atom. The van der Waals surface area contributed by atoms with Crippen LogP contribution in [-0.2, 0) is 9.59 Å². The SMILES string of the molecule is C=C(C)[C@@H]1CC[C@]2(CO)CC[C@]3(C)[C@H](CC[C@@H]4[C@@]5(C)CCN(C(=O)CC(=O)O)C(C)(C)C5CC[C@]43C)[C@@H]12. The third kappa shape index (κ3) is 3.50. The molecular formula is C32H51NO4. The average molecular weight is 514 g/mol. The smallest absolute Gasteiger partial charge is 0.312 e. The number of hydrogen-bond acceptors (Lipinski definition) is 3. The van der Waals surface area contributed by atoms with Crippen molar-refractivity contribution < 1.29 is 19.8 Å². The van der Waals surface area contributed by atoms with Gasteiger partial charge in [-0.15, -0.1) is 0 Å². The van der Waals surface area contributed by atoms with Crippen LogP contribution in [0.1, 0.15) is 106 Å². The Kier molecular flexibility index (Phi) is 6.30. The summed E-state index contributed by atoms with van der Waals surface area (Å²) >= 11 is 0. The molecule has 5 rings (SSSR count). The van der Waals surface area contributed by atoms with E-state index in [0.717, 1.165) is 25.7 Å². The summed E-state index contributed by atoms with van der Waals surface area (Å²) in [4.78, 5) is 26.2. The monoisotopic (exact) mass is 513 g/mol. The number of carbonyl (C=O) groups excluding carboxylic acids is 1. The lowest BCUT2D eigenvalue weighted by atomic mass is 9.33. The standard InChI is InChI=1S/C32H51NO4/c1-20(2)21-10-13-32(19-34)15-14-30(6)22(27(21)32)8-9-24-29(5)16-17-33(25(35)18-26(36)37)28(3,4)23(29)11-12-31(24,30)7/h21-24,27,34H,1,8-19H2,2-7H3,(H,36,37)/t21-,22+,23?,24+,27+,29-,30+,31+,32+/m0/s1. The molecule has 1 saturated heterocycles. The van der Waals surface area contributed by atoms with Gasteiger partial charge >= 0.3 is 5.97 Å². The summed E-state index contributed by atoms with van der Waals surface area (Å²) in [6.45, 7) is 19.7. The van der Waals surface area contributed by atoms with E-state index in [1.54, 1.807) is 0 Å². The minimum atomic E-state index is -1.03. The van der Waals surface area contributed by atoms with E-state index in [2.05, 4.69) is 48.1 Å². The van der Waals surface area contributed by atoms with Crippen molar-refractivity contribution >= 4 is 11.9 Å². The molecule has 1 aliphatic heterocycles. The molecule has 37 heavy (non-hydrogen) atoms. The second-order valence-corrected chi connectivity index (χ2v) is 15.2. The molecule has 5 fully saturated rings. The number of allylic oxidation sites excluding steroid dienone is 1. The Hall–Kier alpha value is -1.36. The van der Waals surface area contributed by atoms with Crippen molar-refractivity contribution in [3.05, 3.63) is 12.2 Å². The summed E-state index contributed by atoms with van der Waals surface area (Å²) in [7, 11) is 0. The number of nitrogens with zero attached hydrogens (tertiary/aromatic N) is 1. The Morgan fingerprint density at radius 2 is 1.59 bits per heavy atom. The number of carboxylic acid groups (broad SMARTS) is 1. The van der Waals surface area contributed by atoms with Crippen molar-refractivity contribution in [3.8, 4) is 0 Å². The number of likely N-dealkylation sites (tertiary alicyclic amines) is 1. The maximum absolute atomic E-state index is 13.0. The predicted molar refractivity (Wildman–Crippen MR) is 146 cm³/mol. The van der Waals surface area contributed by atoms with Crippen molar-refractivity contribution in [2.75, 3.05) is 13.2 Å². The highest BCUT2D eigenvalue weighted by atomic mass is 16.4. The van der Waals surface area contributed by atoms with Crippen LogP contribution in [0.3, 0.4) is 0 Å². The molecule has 0 aromatic heterocycles. The number of hydrogen-bond donors (Lipinski definition) is 2. The molecule has 5 aliphatic rings. The number of rotatable bonds is 4. The van der Waals surface area contributed by atoms with Gasteiger partial charge < -0.3 is 15.1 Å². The molecule has 1 unspecified atom stereocenters. The van der Waals surface area contributed by atoms with Gasteiger partial charge in [-0.25, -0.2) is 0 Å². The summed E-state index contributed by atoms with van der Waals surface area (Å²) in [5, 5.41) is 20.0. The lowest BCUT2D eigenvalue weighted by molar-refractivity contribution is -0.243. The first-order valence-corrected chi connectivity index (χ1v) is 15.0. The fourth-order valence-electron chi connectivity index (χ4n) is 11.9. The molecule has 1 heterocycles. The first kappa shape index (κ1) is 27.2. The third-order valence-corrected chi connectivity index (χ3v) is 13.8. The van der Waals surface area contributed by atoms with Crippen LogP contribution in [0.15, 0.2) is 12.2 Å². The van der Waals surface area contributed by atoms with Gasteiger partial charge in [0.25, 0.3) is 0 Å². The zero-order valence-corrected chi connectivity index (χ0v) is 24.2. The molecule has 0 aromatic carbocycles. The van der Waals surface area contributed by atoms with E-state index >= 15 is 0 Å². The van der Waals surface area contributed by atoms with Gasteiger partial charge in [0.15, 0.2) is 0 Å². The fraction of sp³-hybridized carbons (Fsp3) is 0.875. The van der Waals surface area contributed by atoms with Crippen molar-refractivity contribution in [3.63, 3.8) is 0 Å². The molecule has 0 spiro atoms. The first-order valence-electron chi connectivity index (χ1n) is 15.0. The Bertz CT molecular complexity index is 989. The van der Waals surface area contributed by atoms with Crippen LogP contribution in [0.5, 0.6) is 0 Å². The molecular weight excluding hydrogens is 462 g/mol. The van der Waals surface area contributed by atoms with Gasteiger partial charge in [-0.05, 0) is 130 Å². The zero-order chi connectivity index (χ0) is 27.2. The maximum atomic E-state index is 13.0. The first-order chi connectivity index (χ1) is 17.2. The van der Waals surface area contributed by atoms with Gasteiger partial charge in [-0.2, -0.15) is 0 Å². The number of aliphatic hydroxyl groups is 1. The Balaban J connectivity index is 1.49. The number of aliphatic carboxylic acids is 1. The van der Waals surface area contributed by atoms with Gasteiger partial charge in [0.05, 0.1) is 0 Å². The van der Waals surface area contributed by atoms with E-state index in [4.69, 9.17) is 0 Å². The molecule has 208 valence electrons. The van der Waals surface area contributed by atoms with Crippen molar-refractivity contribution in [2.24, 2.45) is 51.2 Å². The number of carboxylic acids is 1. The molecule has 5 nitrogen and oxygen atoms in total. The molecule has 2 N–H and O–H groups in total. The largest absolute Gasteiger partial charge is 0.481 e. The number of aliphatic hydroxyl groups excluding tert-OH is 1. The highest BCUT2D eigenvalue weighted by molar-refractivity contribution is 5.93. The number of fused-ring (bicyclic) bond motifs is 7. The van der Waals surface area contributed by atoms with Gasteiger partial charge in [0, 0.05) is 18.7 Å². The van der Waals surface area contributed by atoms with E-state index in [0.29, 0.717) is 42.7 Å². The molecule has 5 heteroatoms. The molecule has 0 radical (unpaired) electrons. The van der Waals surface area contributed by atoms with E-state index < -0.39 is 12.4 Å². The Morgan fingerprint density at radius 3 is 2.22 bits per heavy atom. The van der Waals surface area contributed by atoms with Crippen molar-refractivity contribution in [2.45, 2.75) is 111 Å². The summed E-state index contributed by atoms with van der Waals surface area (Å²) in [6.07, 6.45) is 9.95. The van der Waals surface area contributed by atoms with E-state index in [-0.39, 0.29) is 33.1 Å². The second-order valence-electron chi connectivity index (χ2n) is 15.2. The number of piperidine rings is 1. The van der Waals surface area contributed by atoms with E-state index in [9.17, 15) is 19.8 Å². The summed E-state index contributed by atoms with van der Waals surface area (Å²) < 4.78 is 0. The average Bonchev–Trinajstić information content (AvgIpc) is 3.19. The van der Waals surface area contributed by atoms with Crippen LogP contribution in [-0.4, -0.2) is 45.7 Å². The lowest BCUT2D eigenvalue weighted by Gasteiger charge is -2.73. The van der Waals surface area contributed by atoms with Gasteiger partial charge in [0.2, 0.25) is 5.91 Å². The van der Waals surface area contributed by atoms with Crippen LogP contribution in [0.4, 0.5) is 0 Å². The Labute approximate surface area is 224 Å². The van der Waals surface area contributed by atoms with Crippen LogP contribution >= 0.6 is 0 Å². The normalized spacial score (nSPS) is 48.3. The van der Waals surface area contributed by atoms with Crippen molar-refractivity contribution in [1.29, 1.82) is 0 Å². The molecule has 0 bridgehead atoms. The molecule has 4 saturated carbocycles. The molecule has 1 amide bonds. The zero-order valence-electron chi connectivity index (χ0n) is 24.2. The second kappa shape index (κ2) is 8.57. The molecule has 9 atom stereocenters. The van der Waals surface area contributed by atoms with Crippen LogP contribution in [0, 0.1) is 51.2 Å². The molecule has 4 aliphatic carbocycles. The number of amides is 1. The topological polar surface area (TPSA) is 77.8 Å². The van der Waals surface area contributed by atoms with Gasteiger partial charge in [-0.1, -0.05) is 32.9 Å². The van der Waals surface area contributed by atoms with E-state index in [1.165, 1.54) is 37.7 Å². The van der Waals surface area contributed by atoms with Crippen molar-refractivity contribution in [1.82, 2.24) is 4.90 Å². The number of carbonyl (C=O) groups is 2. The molecule has 0 aromatic rings. The van der Waals surface area contributed by atoms with E-state index in [1.807, 2.05) is 4.90 Å². The van der Waals surface area contributed by atoms with Gasteiger partial charge in [-0.3, -0.25) is 9.59 Å². The fourth-order valence-corrected chi connectivity index (χ4v) is 11.9. The van der Waals surface area contributed by atoms with Crippen LogP contribution in [0.2, 0.25) is 0 Å². The summed E-state index contributed by atoms with van der Waals surface area (Å²) in [5.41, 5.74) is 1.66. The minimum absolute atomic E-state index is 0.0793. The third-order valence-electron chi connectivity index (χ3n) is 13.8. The quantitative estimate of drug-likeness (QED) is 0.341. The van der Waals surface area contributed by atoms with Crippen LogP contribution < -0.4 is 0 Å². The summed E-state index contributed by atoms with van der Waals surface area (Å²) in [6, 6.07) is 0. The highest BCUT2D eigenvalue weighted by Gasteiger charge is 2.70. The summed E-state index contributed by atoms with van der Waals surface area (Å²) in [5.74, 6) is 1.41. The highest BCUT2D eigenvalue weighted by Crippen LogP contribution is 2.76. The van der Waals surface area contributed by atoms with Gasteiger partial charge in [0.1, 0.15) is 6.42 Å². The maximum Gasteiger partial charge on any atom is 0.312 e. The predicted octanol–water partition coefficient (Wildman–Crippen LogP) is 6.30. The lowest BCUT2D eigenvalue weighted by Crippen LogP contribution is -2.70.